The van der Waals surface area contributed by atoms with Gasteiger partial charge in [-0.3, -0.25) is 0 Å². The molecule has 6 heteroatoms. The molecule has 0 aliphatic rings. The second-order valence-corrected chi connectivity index (χ2v) is 5.56. The van der Waals surface area contributed by atoms with E-state index >= 15 is 0 Å². The van der Waals surface area contributed by atoms with Crippen molar-refractivity contribution in [1.82, 2.24) is 10.1 Å². The zero-order chi connectivity index (χ0) is 16.1. The minimum Gasteiger partial charge on any atom is -0.452 e. The Morgan fingerprint density at radius 1 is 1.13 bits per heavy atom. The van der Waals surface area contributed by atoms with Gasteiger partial charge in [0, 0.05) is 10.5 Å². The van der Waals surface area contributed by atoms with Crippen LogP contribution in [0.1, 0.15) is 16.2 Å². The number of hydrogen-bond donors (Lipinski definition) is 0. The Balaban J connectivity index is 1.62. The molecule has 2 aromatic carbocycles. The van der Waals surface area contributed by atoms with Gasteiger partial charge in [0.05, 0.1) is 5.56 Å². The third-order valence-electron chi connectivity index (χ3n) is 3.15. The number of rotatable bonds is 5. The quantitative estimate of drug-likeness (QED) is 0.524. The van der Waals surface area contributed by atoms with Crippen molar-refractivity contribution < 1.29 is 14.1 Å². The van der Waals surface area contributed by atoms with E-state index in [0.717, 1.165) is 10.5 Å². The van der Waals surface area contributed by atoms with Crippen LogP contribution in [-0.2, 0) is 11.3 Å². The van der Waals surface area contributed by atoms with Crippen LogP contribution in [0.4, 0.5) is 0 Å². The molecule has 0 N–H and O–H groups in total. The van der Waals surface area contributed by atoms with Crippen LogP contribution < -0.4 is 0 Å². The van der Waals surface area contributed by atoms with E-state index in [2.05, 4.69) is 10.1 Å². The number of carbonyl (C=O) groups is 1. The Morgan fingerprint density at radius 2 is 1.87 bits per heavy atom. The standard InChI is InChI=1S/C17H14N2O3S/c1-23-14-9-7-13(8-10-14)17(20)21-11-15-18-16(19-22-15)12-5-3-2-4-6-12/h2-10H,11H2,1H3. The van der Waals surface area contributed by atoms with Gasteiger partial charge < -0.3 is 9.26 Å². The highest BCUT2D eigenvalue weighted by Crippen LogP contribution is 2.17. The van der Waals surface area contributed by atoms with Gasteiger partial charge in [0.15, 0.2) is 6.61 Å². The lowest BCUT2D eigenvalue weighted by Gasteiger charge is -2.02. The van der Waals surface area contributed by atoms with E-state index in [0.29, 0.717) is 11.4 Å². The van der Waals surface area contributed by atoms with Gasteiger partial charge in [0.2, 0.25) is 5.82 Å². The lowest BCUT2D eigenvalue weighted by molar-refractivity contribution is 0.0429. The number of nitrogens with zero attached hydrogens (tertiary/aromatic N) is 2. The molecule has 3 rings (SSSR count). The maximum Gasteiger partial charge on any atom is 0.338 e. The first-order valence-electron chi connectivity index (χ1n) is 6.95. The molecule has 0 aliphatic heterocycles. The molecule has 0 saturated heterocycles. The van der Waals surface area contributed by atoms with Gasteiger partial charge in [-0.25, -0.2) is 4.79 Å². The molecule has 23 heavy (non-hydrogen) atoms. The van der Waals surface area contributed by atoms with E-state index < -0.39 is 5.97 Å². The molecular formula is C17H14N2O3S. The van der Waals surface area contributed by atoms with Gasteiger partial charge in [-0.05, 0) is 30.5 Å². The molecule has 3 aromatic rings. The predicted octanol–water partition coefficient (Wildman–Crippen LogP) is 3.82. The monoisotopic (exact) mass is 326 g/mol. The van der Waals surface area contributed by atoms with Crippen molar-refractivity contribution in [3.05, 3.63) is 66.1 Å². The summed E-state index contributed by atoms with van der Waals surface area (Å²) in [7, 11) is 0. The Hall–Kier alpha value is -2.60. The SMILES string of the molecule is CSc1ccc(C(=O)OCc2nc(-c3ccccc3)no2)cc1. The van der Waals surface area contributed by atoms with Gasteiger partial charge in [-0.15, -0.1) is 11.8 Å². The Kier molecular flexibility index (Phi) is 4.73. The molecule has 0 bridgehead atoms. The normalized spacial score (nSPS) is 10.5. The predicted molar refractivity (Wildman–Crippen MR) is 87.1 cm³/mol. The second-order valence-electron chi connectivity index (χ2n) is 4.68. The number of ether oxygens (including phenoxy) is 1. The number of thioether (sulfide) groups is 1. The van der Waals surface area contributed by atoms with E-state index in [1.165, 1.54) is 0 Å². The molecule has 1 heterocycles. The Labute approximate surface area is 137 Å². The molecule has 0 amide bonds. The highest BCUT2D eigenvalue weighted by atomic mass is 32.2. The van der Waals surface area contributed by atoms with E-state index in [4.69, 9.17) is 9.26 Å². The minimum atomic E-state index is -0.419. The van der Waals surface area contributed by atoms with Gasteiger partial charge in [-0.1, -0.05) is 35.5 Å². The zero-order valence-electron chi connectivity index (χ0n) is 12.4. The van der Waals surface area contributed by atoms with Crippen LogP contribution in [-0.4, -0.2) is 22.4 Å². The van der Waals surface area contributed by atoms with Gasteiger partial charge in [0.25, 0.3) is 5.89 Å². The van der Waals surface area contributed by atoms with E-state index in [-0.39, 0.29) is 12.5 Å². The van der Waals surface area contributed by atoms with Crippen LogP contribution in [0.3, 0.4) is 0 Å². The van der Waals surface area contributed by atoms with Crippen LogP contribution in [0.5, 0.6) is 0 Å². The maximum atomic E-state index is 12.0. The van der Waals surface area contributed by atoms with E-state index in [1.54, 1.807) is 23.9 Å². The number of carbonyl (C=O) groups excluding carboxylic acids is 1. The van der Waals surface area contributed by atoms with Crippen molar-refractivity contribution in [3.8, 4) is 11.4 Å². The molecule has 0 spiro atoms. The summed E-state index contributed by atoms with van der Waals surface area (Å²) in [5, 5.41) is 3.88. The molecule has 116 valence electrons. The fourth-order valence-electron chi connectivity index (χ4n) is 1.96. The topological polar surface area (TPSA) is 65.2 Å². The van der Waals surface area contributed by atoms with Crippen molar-refractivity contribution in [2.24, 2.45) is 0 Å². The van der Waals surface area contributed by atoms with Crippen LogP contribution in [0, 0.1) is 0 Å². The van der Waals surface area contributed by atoms with Crippen LogP contribution in [0.25, 0.3) is 11.4 Å². The van der Waals surface area contributed by atoms with Gasteiger partial charge in [0.1, 0.15) is 0 Å². The summed E-state index contributed by atoms with van der Waals surface area (Å²) in [5.41, 5.74) is 1.34. The molecule has 0 saturated carbocycles. The minimum absolute atomic E-state index is 0.0526. The van der Waals surface area contributed by atoms with Crippen LogP contribution in [0.2, 0.25) is 0 Å². The third kappa shape index (κ3) is 3.78. The number of hydrogen-bond acceptors (Lipinski definition) is 6. The number of benzene rings is 2. The molecule has 0 aliphatic carbocycles. The second kappa shape index (κ2) is 7.11. The summed E-state index contributed by atoms with van der Waals surface area (Å²) in [5.74, 6) is 0.316. The summed E-state index contributed by atoms with van der Waals surface area (Å²) in [6.07, 6.45) is 1.98. The van der Waals surface area contributed by atoms with E-state index in [9.17, 15) is 4.79 Å². The molecule has 0 fully saturated rings. The van der Waals surface area contributed by atoms with Gasteiger partial charge >= 0.3 is 5.97 Å². The summed E-state index contributed by atoms with van der Waals surface area (Å²) >= 11 is 1.61. The molecule has 0 unspecified atom stereocenters. The highest BCUT2D eigenvalue weighted by Gasteiger charge is 2.12. The van der Waals surface area contributed by atoms with Crippen LogP contribution in [0.15, 0.2) is 64.0 Å². The Bertz CT molecular complexity index is 785. The summed E-state index contributed by atoms with van der Waals surface area (Å²) < 4.78 is 10.3. The smallest absolute Gasteiger partial charge is 0.338 e. The van der Waals surface area contributed by atoms with Crippen LogP contribution >= 0.6 is 11.8 Å². The van der Waals surface area contributed by atoms with E-state index in [1.807, 2.05) is 48.7 Å². The summed E-state index contributed by atoms with van der Waals surface area (Å²) in [6.45, 7) is -0.0526. The number of aromatic nitrogens is 2. The van der Waals surface area contributed by atoms with Crippen molar-refractivity contribution in [1.29, 1.82) is 0 Å². The zero-order valence-corrected chi connectivity index (χ0v) is 13.2. The first-order valence-corrected chi connectivity index (χ1v) is 8.18. The lowest BCUT2D eigenvalue weighted by atomic mass is 10.2. The number of esters is 1. The van der Waals surface area contributed by atoms with Crippen molar-refractivity contribution in [2.45, 2.75) is 11.5 Å². The lowest BCUT2D eigenvalue weighted by Crippen LogP contribution is -2.05. The fraction of sp³-hybridized carbons (Fsp3) is 0.118. The fourth-order valence-corrected chi connectivity index (χ4v) is 2.36. The molecule has 5 nitrogen and oxygen atoms in total. The maximum absolute atomic E-state index is 12.0. The Morgan fingerprint density at radius 3 is 2.57 bits per heavy atom. The third-order valence-corrected chi connectivity index (χ3v) is 3.90. The van der Waals surface area contributed by atoms with Crippen molar-refractivity contribution >= 4 is 17.7 Å². The van der Waals surface area contributed by atoms with Gasteiger partial charge in [-0.2, -0.15) is 4.98 Å². The first kappa shape index (κ1) is 15.3. The molecular weight excluding hydrogens is 312 g/mol. The molecule has 0 atom stereocenters. The van der Waals surface area contributed by atoms with Crippen molar-refractivity contribution in [2.75, 3.05) is 6.26 Å². The molecule has 0 radical (unpaired) electrons. The largest absolute Gasteiger partial charge is 0.452 e. The first-order chi connectivity index (χ1) is 11.3. The highest BCUT2D eigenvalue weighted by molar-refractivity contribution is 7.98. The average molecular weight is 326 g/mol. The average Bonchev–Trinajstić information content (AvgIpc) is 3.09. The van der Waals surface area contributed by atoms with Crippen molar-refractivity contribution in [3.63, 3.8) is 0 Å². The molecule has 1 aromatic heterocycles. The summed E-state index contributed by atoms with van der Waals surface area (Å²) in [6, 6.07) is 16.7. The summed E-state index contributed by atoms with van der Waals surface area (Å²) in [4.78, 5) is 17.3.